The predicted octanol–water partition coefficient (Wildman–Crippen LogP) is 5.36. The van der Waals surface area contributed by atoms with E-state index >= 15 is 0 Å². The first-order valence-electron chi connectivity index (χ1n) is 9.62. The quantitative estimate of drug-likeness (QED) is 0.506. The summed E-state index contributed by atoms with van der Waals surface area (Å²) in [5, 5.41) is 5.30. The Morgan fingerprint density at radius 2 is 1.97 bits per heavy atom. The van der Waals surface area contributed by atoms with Crippen LogP contribution in [0.2, 0.25) is 0 Å². The number of hydrogen-bond donors (Lipinski definition) is 1. The summed E-state index contributed by atoms with van der Waals surface area (Å²) in [7, 11) is 0. The van der Waals surface area contributed by atoms with Crippen LogP contribution in [0.5, 0.6) is 17.2 Å². The third-order valence-electron chi connectivity index (χ3n) is 4.53. The summed E-state index contributed by atoms with van der Waals surface area (Å²) in [5.74, 6) is 2.01. The highest BCUT2D eigenvalue weighted by Gasteiger charge is 2.16. The maximum Gasteiger partial charge on any atom is 0.257 e. The van der Waals surface area contributed by atoms with Crippen molar-refractivity contribution in [2.75, 3.05) is 18.7 Å². The van der Waals surface area contributed by atoms with E-state index in [-0.39, 0.29) is 12.7 Å². The van der Waals surface area contributed by atoms with Crippen molar-refractivity contribution in [2.45, 2.75) is 26.2 Å². The summed E-state index contributed by atoms with van der Waals surface area (Å²) in [6.45, 7) is 3.09. The Balaban J connectivity index is 1.36. The van der Waals surface area contributed by atoms with Gasteiger partial charge in [0.05, 0.1) is 12.3 Å². The van der Waals surface area contributed by atoms with E-state index in [2.05, 4.69) is 17.2 Å². The molecule has 1 amide bonds. The van der Waals surface area contributed by atoms with Crippen LogP contribution in [0.3, 0.4) is 0 Å². The molecule has 7 heteroatoms. The molecule has 1 N–H and O–H groups in total. The number of rotatable bonds is 8. The number of hydrogen-bond acceptors (Lipinski definition) is 6. The maximum absolute atomic E-state index is 12.5. The number of benzene rings is 2. The molecule has 4 rings (SSSR count). The molecular weight excluding hydrogens is 388 g/mol. The number of nitrogens with one attached hydrogen (secondary N) is 1. The molecule has 0 bridgehead atoms. The second kappa shape index (κ2) is 8.96. The molecule has 2 aromatic carbocycles. The van der Waals surface area contributed by atoms with Crippen molar-refractivity contribution in [1.29, 1.82) is 0 Å². The van der Waals surface area contributed by atoms with Crippen molar-refractivity contribution in [2.24, 2.45) is 0 Å². The summed E-state index contributed by atoms with van der Waals surface area (Å²) in [6, 6.07) is 12.8. The molecule has 1 aliphatic rings. The van der Waals surface area contributed by atoms with Gasteiger partial charge in [0.15, 0.2) is 16.6 Å². The van der Waals surface area contributed by atoms with E-state index in [1.165, 1.54) is 11.3 Å². The summed E-state index contributed by atoms with van der Waals surface area (Å²) in [6.07, 6.45) is 3.35. The van der Waals surface area contributed by atoms with Gasteiger partial charge in [0, 0.05) is 16.5 Å². The van der Waals surface area contributed by atoms with Crippen LogP contribution < -0.4 is 19.5 Å². The van der Waals surface area contributed by atoms with E-state index in [4.69, 9.17) is 14.2 Å². The van der Waals surface area contributed by atoms with E-state index < -0.39 is 0 Å². The minimum atomic E-state index is -0.200. The number of aromatic nitrogens is 1. The van der Waals surface area contributed by atoms with E-state index in [0.717, 1.165) is 42.0 Å². The monoisotopic (exact) mass is 410 g/mol. The summed E-state index contributed by atoms with van der Waals surface area (Å²) < 4.78 is 16.4. The average Bonchev–Trinajstić information content (AvgIpc) is 3.40. The van der Waals surface area contributed by atoms with Crippen molar-refractivity contribution >= 4 is 22.4 Å². The van der Waals surface area contributed by atoms with Crippen molar-refractivity contribution < 1.29 is 19.0 Å². The molecule has 0 atom stereocenters. The molecular formula is C22H22N2O4S. The van der Waals surface area contributed by atoms with E-state index in [0.29, 0.717) is 23.1 Å². The van der Waals surface area contributed by atoms with E-state index in [9.17, 15) is 4.79 Å². The fourth-order valence-corrected chi connectivity index (χ4v) is 3.65. The molecule has 1 aromatic heterocycles. The Morgan fingerprint density at radius 3 is 2.79 bits per heavy atom. The largest absolute Gasteiger partial charge is 0.494 e. The molecule has 0 saturated heterocycles. The maximum atomic E-state index is 12.5. The molecule has 0 aliphatic carbocycles. The number of amides is 1. The van der Waals surface area contributed by atoms with Gasteiger partial charge in [0.25, 0.3) is 5.91 Å². The molecule has 3 aromatic rings. The van der Waals surface area contributed by atoms with Crippen molar-refractivity contribution in [3.05, 3.63) is 53.4 Å². The highest BCUT2D eigenvalue weighted by molar-refractivity contribution is 7.14. The van der Waals surface area contributed by atoms with Crippen LogP contribution in [0.15, 0.2) is 47.8 Å². The molecule has 0 radical (unpaired) electrons. The third kappa shape index (κ3) is 4.68. The number of ether oxygens (including phenoxy) is 3. The highest BCUT2D eigenvalue weighted by atomic mass is 32.1. The van der Waals surface area contributed by atoms with Gasteiger partial charge in [-0.3, -0.25) is 10.1 Å². The lowest BCUT2D eigenvalue weighted by molar-refractivity contribution is 0.102. The van der Waals surface area contributed by atoms with Crippen LogP contribution in [-0.4, -0.2) is 24.3 Å². The fraction of sp³-hybridized carbons (Fsp3) is 0.273. The van der Waals surface area contributed by atoms with Crippen molar-refractivity contribution in [3.63, 3.8) is 0 Å². The van der Waals surface area contributed by atoms with E-state index in [1.807, 2.05) is 35.7 Å². The fourth-order valence-electron chi connectivity index (χ4n) is 2.93. The molecule has 29 heavy (non-hydrogen) atoms. The molecule has 1 aliphatic heterocycles. The Morgan fingerprint density at radius 1 is 1.14 bits per heavy atom. The molecule has 0 unspecified atom stereocenters. The second-order valence-corrected chi connectivity index (χ2v) is 7.50. The normalized spacial score (nSPS) is 12.0. The SMILES string of the molecule is CCCCCOc1ccc(C(=O)Nc2nc(-c3ccc4c(c3)OCO4)cs2)cc1. The summed E-state index contributed by atoms with van der Waals surface area (Å²) in [5.41, 5.74) is 2.25. The first kappa shape index (κ1) is 19.3. The standard InChI is InChI=1S/C22H22N2O4S/c1-2-3-4-11-26-17-8-5-15(6-9-17)21(25)24-22-23-18(13-29-22)16-7-10-19-20(12-16)28-14-27-19/h5-10,12-13H,2-4,11,14H2,1H3,(H,23,24,25). The number of carbonyl (C=O) groups excluding carboxylic acids is 1. The molecule has 0 saturated carbocycles. The zero-order valence-corrected chi connectivity index (χ0v) is 17.0. The lowest BCUT2D eigenvalue weighted by Gasteiger charge is -2.07. The Labute approximate surface area is 173 Å². The van der Waals surface area contributed by atoms with Crippen molar-refractivity contribution in [1.82, 2.24) is 4.98 Å². The van der Waals surface area contributed by atoms with Crippen LogP contribution in [0, 0.1) is 0 Å². The second-order valence-electron chi connectivity index (χ2n) is 6.64. The van der Waals surface area contributed by atoms with Gasteiger partial charge in [-0.15, -0.1) is 11.3 Å². The number of thiazole rings is 1. The first-order chi connectivity index (χ1) is 14.2. The minimum Gasteiger partial charge on any atom is -0.494 e. The topological polar surface area (TPSA) is 69.7 Å². The van der Waals surface area contributed by atoms with Gasteiger partial charge in [0.2, 0.25) is 6.79 Å². The smallest absolute Gasteiger partial charge is 0.257 e. The third-order valence-corrected chi connectivity index (χ3v) is 5.28. The number of anilines is 1. The Bertz CT molecular complexity index is 985. The Hall–Kier alpha value is -3.06. The molecule has 6 nitrogen and oxygen atoms in total. The van der Waals surface area contributed by atoms with Gasteiger partial charge in [-0.2, -0.15) is 0 Å². The first-order valence-corrected chi connectivity index (χ1v) is 10.5. The minimum absolute atomic E-state index is 0.200. The summed E-state index contributed by atoms with van der Waals surface area (Å²) >= 11 is 1.38. The van der Waals surface area contributed by atoms with Gasteiger partial charge in [-0.05, 0) is 48.9 Å². The zero-order valence-electron chi connectivity index (χ0n) is 16.1. The van der Waals surface area contributed by atoms with Crippen LogP contribution in [0.4, 0.5) is 5.13 Å². The van der Waals surface area contributed by atoms with Gasteiger partial charge in [0.1, 0.15) is 5.75 Å². The van der Waals surface area contributed by atoms with Gasteiger partial charge in [-0.1, -0.05) is 19.8 Å². The predicted molar refractivity (Wildman–Crippen MR) is 113 cm³/mol. The van der Waals surface area contributed by atoms with Crippen LogP contribution in [0.25, 0.3) is 11.3 Å². The van der Waals surface area contributed by atoms with Gasteiger partial charge < -0.3 is 14.2 Å². The zero-order chi connectivity index (χ0) is 20.1. The number of unbranched alkanes of at least 4 members (excludes halogenated alkanes) is 2. The van der Waals surface area contributed by atoms with E-state index in [1.54, 1.807) is 12.1 Å². The molecule has 0 fully saturated rings. The molecule has 0 spiro atoms. The van der Waals surface area contributed by atoms with Gasteiger partial charge in [-0.25, -0.2) is 4.98 Å². The molecule has 150 valence electrons. The number of nitrogens with zero attached hydrogens (tertiary/aromatic N) is 1. The highest BCUT2D eigenvalue weighted by Crippen LogP contribution is 2.36. The van der Waals surface area contributed by atoms with Crippen LogP contribution in [0.1, 0.15) is 36.5 Å². The number of fused-ring (bicyclic) bond motifs is 1. The lowest BCUT2D eigenvalue weighted by atomic mass is 10.1. The lowest BCUT2D eigenvalue weighted by Crippen LogP contribution is -2.11. The summed E-state index contributed by atoms with van der Waals surface area (Å²) in [4.78, 5) is 17.0. The average molecular weight is 410 g/mol. The van der Waals surface area contributed by atoms with Crippen molar-refractivity contribution in [3.8, 4) is 28.5 Å². The van der Waals surface area contributed by atoms with Gasteiger partial charge >= 0.3 is 0 Å². The number of carbonyl (C=O) groups is 1. The molecule has 2 heterocycles. The Kier molecular flexibility index (Phi) is 5.95. The van der Waals surface area contributed by atoms with Crippen LogP contribution >= 0.6 is 11.3 Å². The van der Waals surface area contributed by atoms with Crippen LogP contribution in [-0.2, 0) is 0 Å².